The number of methoxy groups -OCH3 is 1. The standard InChI is InChI=1S/C19H14Cl2N2O4S/c1-26-13-5-3-12(4-6-13)22-19-23-16(10-28-19)18(25)27-9-17(24)11-2-7-14(20)15(21)8-11/h2-8,10H,9H2,1H3,(H,22,23). The number of nitrogens with one attached hydrogen (secondary N) is 1. The fourth-order valence-electron chi connectivity index (χ4n) is 2.18. The second-order valence-corrected chi connectivity index (χ2v) is 7.19. The normalized spacial score (nSPS) is 10.4. The van der Waals surface area contributed by atoms with Gasteiger partial charge in [-0.15, -0.1) is 11.3 Å². The molecule has 0 bridgehead atoms. The first-order chi connectivity index (χ1) is 13.5. The van der Waals surface area contributed by atoms with E-state index >= 15 is 0 Å². The van der Waals surface area contributed by atoms with Crippen LogP contribution >= 0.6 is 34.5 Å². The first-order valence-electron chi connectivity index (χ1n) is 7.98. The fraction of sp³-hybridized carbons (Fsp3) is 0.105. The Hall–Kier alpha value is -2.61. The van der Waals surface area contributed by atoms with Crippen LogP contribution in [-0.4, -0.2) is 30.5 Å². The number of hydrogen-bond acceptors (Lipinski definition) is 7. The number of carbonyl (C=O) groups excluding carboxylic acids is 2. The van der Waals surface area contributed by atoms with Crippen molar-refractivity contribution in [1.82, 2.24) is 4.98 Å². The number of carbonyl (C=O) groups is 2. The van der Waals surface area contributed by atoms with Crippen LogP contribution in [0.5, 0.6) is 5.75 Å². The molecule has 0 radical (unpaired) electrons. The van der Waals surface area contributed by atoms with Crippen molar-refractivity contribution in [2.45, 2.75) is 0 Å². The van der Waals surface area contributed by atoms with Crippen LogP contribution in [0.25, 0.3) is 0 Å². The van der Waals surface area contributed by atoms with Crippen LogP contribution in [0.3, 0.4) is 0 Å². The van der Waals surface area contributed by atoms with E-state index in [4.69, 9.17) is 32.7 Å². The third-order valence-corrected chi connectivity index (χ3v) is 5.13. The summed E-state index contributed by atoms with van der Waals surface area (Å²) in [5, 5.41) is 5.76. The van der Waals surface area contributed by atoms with Crippen molar-refractivity contribution in [3.63, 3.8) is 0 Å². The van der Waals surface area contributed by atoms with Crippen molar-refractivity contribution < 1.29 is 19.1 Å². The number of ether oxygens (including phenoxy) is 2. The summed E-state index contributed by atoms with van der Waals surface area (Å²) in [6.45, 7) is -0.421. The van der Waals surface area contributed by atoms with E-state index in [9.17, 15) is 9.59 Å². The Morgan fingerprint density at radius 3 is 2.54 bits per heavy atom. The molecule has 0 aliphatic heterocycles. The van der Waals surface area contributed by atoms with Gasteiger partial charge in [0.1, 0.15) is 5.75 Å². The van der Waals surface area contributed by atoms with E-state index < -0.39 is 18.4 Å². The van der Waals surface area contributed by atoms with Gasteiger partial charge in [-0.1, -0.05) is 23.2 Å². The third kappa shape index (κ3) is 5.01. The average molecular weight is 437 g/mol. The lowest BCUT2D eigenvalue weighted by atomic mass is 10.1. The SMILES string of the molecule is COc1ccc(Nc2nc(C(=O)OCC(=O)c3ccc(Cl)c(Cl)c3)cs2)cc1. The molecule has 3 rings (SSSR count). The van der Waals surface area contributed by atoms with Crippen molar-refractivity contribution in [1.29, 1.82) is 0 Å². The zero-order chi connectivity index (χ0) is 20.1. The molecule has 0 saturated carbocycles. The topological polar surface area (TPSA) is 77.5 Å². The van der Waals surface area contributed by atoms with Gasteiger partial charge in [0.2, 0.25) is 0 Å². The van der Waals surface area contributed by atoms with Crippen molar-refractivity contribution in [2.75, 3.05) is 19.0 Å². The van der Waals surface area contributed by atoms with E-state index in [1.165, 1.54) is 29.5 Å². The van der Waals surface area contributed by atoms with E-state index in [1.807, 2.05) is 12.1 Å². The first kappa shape index (κ1) is 20.1. The molecule has 144 valence electrons. The van der Waals surface area contributed by atoms with Crippen LogP contribution in [0.4, 0.5) is 10.8 Å². The average Bonchev–Trinajstić information content (AvgIpc) is 3.17. The van der Waals surface area contributed by atoms with Crippen LogP contribution in [0.2, 0.25) is 10.0 Å². The quantitative estimate of drug-likeness (QED) is 0.402. The summed E-state index contributed by atoms with van der Waals surface area (Å²) < 4.78 is 10.1. The minimum atomic E-state index is -0.688. The summed E-state index contributed by atoms with van der Waals surface area (Å²) in [6, 6.07) is 11.7. The maximum absolute atomic E-state index is 12.1. The van der Waals surface area contributed by atoms with Crippen molar-refractivity contribution in [3.05, 3.63) is 69.1 Å². The second-order valence-electron chi connectivity index (χ2n) is 5.52. The minimum absolute atomic E-state index is 0.114. The maximum atomic E-state index is 12.1. The van der Waals surface area contributed by atoms with E-state index in [1.54, 1.807) is 24.6 Å². The second kappa shape index (κ2) is 9.05. The van der Waals surface area contributed by atoms with E-state index in [2.05, 4.69) is 10.3 Å². The van der Waals surface area contributed by atoms with Gasteiger partial charge in [0, 0.05) is 16.6 Å². The number of Topliss-reactive ketones (excluding diaryl/α,β-unsaturated/α-hetero) is 1. The molecule has 0 fully saturated rings. The molecule has 1 N–H and O–H groups in total. The zero-order valence-corrected chi connectivity index (χ0v) is 16.9. The number of halogens is 2. The predicted molar refractivity (Wildman–Crippen MR) is 109 cm³/mol. The molecule has 2 aromatic carbocycles. The lowest BCUT2D eigenvalue weighted by Crippen LogP contribution is -2.14. The molecule has 0 atom stereocenters. The van der Waals surface area contributed by atoms with Gasteiger partial charge < -0.3 is 14.8 Å². The van der Waals surface area contributed by atoms with Crippen LogP contribution < -0.4 is 10.1 Å². The Morgan fingerprint density at radius 2 is 1.86 bits per heavy atom. The molecular weight excluding hydrogens is 423 g/mol. The highest BCUT2D eigenvalue weighted by molar-refractivity contribution is 7.14. The number of aromatic nitrogens is 1. The largest absolute Gasteiger partial charge is 0.497 e. The molecule has 0 amide bonds. The zero-order valence-electron chi connectivity index (χ0n) is 14.6. The summed E-state index contributed by atoms with van der Waals surface area (Å²) in [6.07, 6.45) is 0. The van der Waals surface area contributed by atoms with Crippen LogP contribution in [0.15, 0.2) is 47.8 Å². The molecule has 0 unspecified atom stereocenters. The van der Waals surface area contributed by atoms with E-state index in [-0.39, 0.29) is 10.7 Å². The van der Waals surface area contributed by atoms with Crippen LogP contribution in [0.1, 0.15) is 20.8 Å². The van der Waals surface area contributed by atoms with Gasteiger partial charge in [0.25, 0.3) is 0 Å². The number of thiazole rings is 1. The molecule has 1 heterocycles. The van der Waals surface area contributed by atoms with Gasteiger partial charge in [-0.25, -0.2) is 9.78 Å². The summed E-state index contributed by atoms with van der Waals surface area (Å²) in [5.41, 5.74) is 1.22. The van der Waals surface area contributed by atoms with Gasteiger partial charge in [-0.3, -0.25) is 4.79 Å². The van der Waals surface area contributed by atoms with Gasteiger partial charge in [0.05, 0.1) is 17.2 Å². The Morgan fingerprint density at radius 1 is 1.11 bits per heavy atom. The number of hydrogen-bond donors (Lipinski definition) is 1. The molecular formula is C19H14Cl2N2O4S. The Balaban J connectivity index is 1.57. The van der Waals surface area contributed by atoms with Crippen molar-refractivity contribution in [3.8, 4) is 5.75 Å². The molecule has 0 aliphatic rings. The van der Waals surface area contributed by atoms with Crippen molar-refractivity contribution in [2.24, 2.45) is 0 Å². The minimum Gasteiger partial charge on any atom is -0.497 e. The summed E-state index contributed by atoms with van der Waals surface area (Å²) in [4.78, 5) is 28.4. The lowest BCUT2D eigenvalue weighted by molar-refractivity contribution is 0.0470. The number of nitrogens with zero attached hydrogens (tertiary/aromatic N) is 1. The number of benzene rings is 2. The highest BCUT2D eigenvalue weighted by Crippen LogP contribution is 2.24. The molecule has 3 aromatic rings. The van der Waals surface area contributed by atoms with Crippen LogP contribution in [0, 0.1) is 0 Å². The third-order valence-electron chi connectivity index (χ3n) is 3.63. The summed E-state index contributed by atoms with van der Waals surface area (Å²) >= 11 is 13.0. The maximum Gasteiger partial charge on any atom is 0.358 e. The number of ketones is 1. The van der Waals surface area contributed by atoms with Gasteiger partial charge in [0.15, 0.2) is 23.2 Å². The van der Waals surface area contributed by atoms with Crippen molar-refractivity contribution >= 4 is 57.1 Å². The molecule has 28 heavy (non-hydrogen) atoms. The van der Waals surface area contributed by atoms with Gasteiger partial charge >= 0.3 is 5.97 Å². The number of anilines is 2. The fourth-order valence-corrected chi connectivity index (χ4v) is 3.18. The van der Waals surface area contributed by atoms with Crippen LogP contribution in [-0.2, 0) is 4.74 Å². The lowest BCUT2D eigenvalue weighted by Gasteiger charge is -2.05. The van der Waals surface area contributed by atoms with E-state index in [0.717, 1.165) is 11.4 Å². The summed E-state index contributed by atoms with van der Waals surface area (Å²) in [7, 11) is 1.59. The molecule has 0 spiro atoms. The summed E-state index contributed by atoms with van der Waals surface area (Å²) in [5.74, 6) is -0.341. The molecule has 9 heteroatoms. The first-order valence-corrected chi connectivity index (χ1v) is 9.62. The predicted octanol–water partition coefficient (Wildman–Crippen LogP) is 5.24. The molecule has 6 nitrogen and oxygen atoms in total. The Labute approximate surface area is 175 Å². The highest BCUT2D eigenvalue weighted by Gasteiger charge is 2.16. The number of rotatable bonds is 7. The number of esters is 1. The molecule has 0 saturated heterocycles. The Kier molecular flexibility index (Phi) is 6.51. The molecule has 1 aromatic heterocycles. The van der Waals surface area contributed by atoms with Gasteiger partial charge in [-0.2, -0.15) is 0 Å². The van der Waals surface area contributed by atoms with E-state index in [0.29, 0.717) is 15.7 Å². The monoisotopic (exact) mass is 436 g/mol. The molecule has 0 aliphatic carbocycles. The highest BCUT2D eigenvalue weighted by atomic mass is 35.5. The Bertz CT molecular complexity index is 1010. The van der Waals surface area contributed by atoms with Gasteiger partial charge in [-0.05, 0) is 42.5 Å². The smallest absolute Gasteiger partial charge is 0.358 e.